The summed E-state index contributed by atoms with van der Waals surface area (Å²) in [5, 5.41) is 17.7. The lowest BCUT2D eigenvalue weighted by Crippen LogP contribution is -2.34. The number of rotatable bonds is 6. The molecule has 2 unspecified atom stereocenters. The van der Waals surface area contributed by atoms with E-state index in [-0.39, 0.29) is 43.5 Å². The normalized spacial score (nSPS) is 18.8. The van der Waals surface area contributed by atoms with E-state index in [1.165, 1.54) is 53.7 Å². The molecule has 2 saturated carbocycles. The van der Waals surface area contributed by atoms with Crippen LogP contribution in [0.3, 0.4) is 0 Å². The smallest absolute Gasteiger partial charge is 0.335 e. The molecule has 15 heteroatoms. The van der Waals surface area contributed by atoms with Crippen LogP contribution in [0.5, 0.6) is 0 Å². The molecule has 4 N–H and O–H groups in total. The van der Waals surface area contributed by atoms with Crippen molar-refractivity contribution < 1.29 is 42.7 Å². The molecular formula is C56H50Cl2F2N4O7. The molecule has 4 aliphatic rings. The Morgan fingerprint density at radius 2 is 1.08 bits per heavy atom. The predicted molar refractivity (Wildman–Crippen MR) is 271 cm³/mol. The highest BCUT2D eigenvalue weighted by molar-refractivity contribution is 6.35. The number of nitrogens with zero attached hydrogens (tertiary/aromatic N) is 1. The third-order valence-electron chi connectivity index (χ3n) is 13.8. The van der Waals surface area contributed by atoms with Crippen molar-refractivity contribution >= 4 is 81.2 Å². The Morgan fingerprint density at radius 1 is 0.592 bits per heavy atom. The molecule has 2 atom stereocenters. The molecule has 3 amide bonds. The number of aromatic carboxylic acids is 1. The van der Waals surface area contributed by atoms with Crippen molar-refractivity contribution in [3.8, 4) is 0 Å². The standard InChI is InChI=1S/C28H24ClFN2O3.C14H9ClFNO3.C14H17NO/c29-23-12-9-20(30)16-22(23)26(34)31-21-10-7-18(8-11-21)27(35)32-15-14-28(13-3-6-25(28)33)17-19-4-1-2-5-24(19)32;15-12-6-3-9(16)7-11(12)13(18)17-10-4-1-8(2-5-10)14(19)20;16-13-6-3-7-14(13)8-9-15-12-5-2-1-4-11(12)10-14/h1-2,4-5,7-12,16H,3,6,13-15,17H2,(H,31,34);1-7H,(H,17,18)(H,19,20);1-2,4-5,15H,3,6-10H2. The zero-order valence-electron chi connectivity index (χ0n) is 38.5. The first kappa shape index (κ1) is 50.2. The molecule has 364 valence electrons. The molecule has 71 heavy (non-hydrogen) atoms. The summed E-state index contributed by atoms with van der Waals surface area (Å²) in [6.07, 6.45) is 8.60. The Balaban J connectivity index is 0.000000158. The fourth-order valence-corrected chi connectivity index (χ4v) is 10.4. The molecule has 6 aromatic carbocycles. The zero-order chi connectivity index (χ0) is 50.3. The van der Waals surface area contributed by atoms with Crippen LogP contribution in [0.2, 0.25) is 10.0 Å². The third kappa shape index (κ3) is 11.5. The van der Waals surface area contributed by atoms with Crippen LogP contribution >= 0.6 is 23.2 Å². The number of ketones is 2. The average molecular weight is 1000 g/mol. The lowest BCUT2D eigenvalue weighted by molar-refractivity contribution is -0.126. The van der Waals surface area contributed by atoms with Gasteiger partial charge >= 0.3 is 5.97 Å². The number of hydrogen-bond acceptors (Lipinski definition) is 7. The highest BCUT2D eigenvalue weighted by Crippen LogP contribution is 2.46. The second kappa shape index (κ2) is 21.8. The molecule has 2 aliphatic heterocycles. The number of Topliss-reactive ketones (excluding diaryl/α,β-unsaturated/α-hetero) is 2. The number of hydrogen-bond donors (Lipinski definition) is 4. The van der Waals surface area contributed by atoms with Crippen molar-refractivity contribution in [3.63, 3.8) is 0 Å². The van der Waals surface area contributed by atoms with Crippen LogP contribution in [0.4, 0.5) is 31.5 Å². The van der Waals surface area contributed by atoms with Gasteiger partial charge in [-0.15, -0.1) is 0 Å². The van der Waals surface area contributed by atoms with E-state index in [0.29, 0.717) is 54.3 Å². The van der Waals surface area contributed by atoms with Crippen molar-refractivity contribution in [2.75, 3.05) is 33.9 Å². The predicted octanol–water partition coefficient (Wildman–Crippen LogP) is 12.3. The SMILES string of the molecule is O=C(Nc1ccc(C(=O)N2CCC3(CCCC3=O)Cc3ccccc32)cc1)c1cc(F)ccc1Cl.O=C(O)c1ccc(NC(=O)c2cc(F)ccc2Cl)cc1.O=C1CCCC12CCNc1ccccc1C2. The lowest BCUT2D eigenvalue weighted by Gasteiger charge is -2.26. The molecule has 2 fully saturated rings. The number of fused-ring (bicyclic) bond motifs is 2. The molecule has 0 radical (unpaired) electrons. The van der Waals surface area contributed by atoms with E-state index in [0.717, 1.165) is 80.9 Å². The van der Waals surface area contributed by atoms with E-state index in [2.05, 4.69) is 40.2 Å². The number of carboxylic acid groups (broad SMARTS) is 1. The van der Waals surface area contributed by atoms with Crippen molar-refractivity contribution in [1.29, 1.82) is 0 Å². The van der Waals surface area contributed by atoms with Gasteiger partial charge in [-0.2, -0.15) is 0 Å². The molecule has 2 spiro atoms. The summed E-state index contributed by atoms with van der Waals surface area (Å²) in [6.45, 7) is 1.40. The maximum Gasteiger partial charge on any atom is 0.335 e. The maximum atomic E-state index is 13.5. The number of para-hydroxylation sites is 2. The van der Waals surface area contributed by atoms with Gasteiger partial charge in [0.25, 0.3) is 17.7 Å². The molecule has 2 aliphatic carbocycles. The summed E-state index contributed by atoms with van der Waals surface area (Å²) in [7, 11) is 0. The van der Waals surface area contributed by atoms with Gasteiger partial charge < -0.3 is 26.0 Å². The van der Waals surface area contributed by atoms with Gasteiger partial charge in [0, 0.05) is 65.1 Å². The topological polar surface area (TPSA) is 162 Å². The van der Waals surface area contributed by atoms with Crippen molar-refractivity contribution in [3.05, 3.63) is 189 Å². The number of carbonyl (C=O) groups is 6. The minimum absolute atomic E-state index is 0.00831. The van der Waals surface area contributed by atoms with Crippen molar-refractivity contribution in [2.45, 2.75) is 64.2 Å². The fraction of sp³-hybridized carbons (Fsp3) is 0.250. The average Bonchev–Trinajstić information content (AvgIpc) is 3.76. The maximum absolute atomic E-state index is 13.5. The summed E-state index contributed by atoms with van der Waals surface area (Å²) in [6, 6.07) is 35.4. The molecule has 6 aromatic rings. The summed E-state index contributed by atoms with van der Waals surface area (Å²) >= 11 is 11.8. The van der Waals surface area contributed by atoms with Gasteiger partial charge in [-0.1, -0.05) is 59.6 Å². The van der Waals surface area contributed by atoms with Crippen LogP contribution < -0.4 is 20.9 Å². The molecule has 0 saturated heterocycles. The van der Waals surface area contributed by atoms with Crippen LogP contribution in [0, 0.1) is 22.5 Å². The minimum Gasteiger partial charge on any atom is -0.478 e. The number of nitrogens with one attached hydrogen (secondary N) is 3. The number of amides is 3. The van der Waals surface area contributed by atoms with Gasteiger partial charge in [0.15, 0.2) is 0 Å². The first-order valence-electron chi connectivity index (χ1n) is 23.4. The van der Waals surface area contributed by atoms with E-state index in [4.69, 9.17) is 28.3 Å². The quantitative estimate of drug-likeness (QED) is 0.128. The van der Waals surface area contributed by atoms with Gasteiger partial charge in [0.05, 0.1) is 26.7 Å². The summed E-state index contributed by atoms with van der Waals surface area (Å²) in [4.78, 5) is 75.3. The van der Waals surface area contributed by atoms with Crippen LogP contribution in [-0.2, 0) is 22.4 Å². The highest BCUT2D eigenvalue weighted by atomic mass is 35.5. The number of halogens is 4. The Morgan fingerprint density at radius 3 is 1.62 bits per heavy atom. The molecule has 10 rings (SSSR count). The summed E-state index contributed by atoms with van der Waals surface area (Å²) in [5.74, 6) is -2.66. The second-order valence-corrected chi connectivity index (χ2v) is 19.1. The Kier molecular flexibility index (Phi) is 15.4. The Hall–Kier alpha value is -7.22. The van der Waals surface area contributed by atoms with Crippen molar-refractivity contribution in [1.82, 2.24) is 0 Å². The fourth-order valence-electron chi connectivity index (χ4n) is 9.94. The van der Waals surface area contributed by atoms with Gasteiger partial charge in [0.1, 0.15) is 23.2 Å². The van der Waals surface area contributed by atoms with Gasteiger partial charge in [-0.3, -0.25) is 24.0 Å². The third-order valence-corrected chi connectivity index (χ3v) is 14.4. The van der Waals surface area contributed by atoms with Crippen LogP contribution in [0.15, 0.2) is 133 Å². The molecule has 11 nitrogen and oxygen atoms in total. The highest BCUT2D eigenvalue weighted by Gasteiger charge is 2.45. The molecular weight excluding hydrogens is 950 g/mol. The van der Waals surface area contributed by atoms with Gasteiger partial charge in [0.2, 0.25) is 0 Å². The van der Waals surface area contributed by atoms with Gasteiger partial charge in [-0.05, 0) is 160 Å². The lowest BCUT2D eigenvalue weighted by atomic mass is 9.77. The minimum atomic E-state index is -1.06. The first-order chi connectivity index (χ1) is 34.1. The molecule has 0 aromatic heterocycles. The van der Waals surface area contributed by atoms with Crippen LogP contribution in [0.1, 0.15) is 104 Å². The monoisotopic (exact) mass is 998 g/mol. The molecule has 0 bridgehead atoms. The first-order valence-corrected chi connectivity index (χ1v) is 24.1. The van der Waals surface area contributed by atoms with E-state index < -0.39 is 29.4 Å². The molecule has 2 heterocycles. The number of carbonyl (C=O) groups excluding carboxylic acids is 5. The van der Waals surface area contributed by atoms with Crippen molar-refractivity contribution in [2.24, 2.45) is 10.8 Å². The number of carboxylic acids is 1. The second-order valence-electron chi connectivity index (χ2n) is 18.3. The van der Waals surface area contributed by atoms with E-state index in [9.17, 15) is 37.5 Å². The van der Waals surface area contributed by atoms with E-state index in [1.807, 2.05) is 24.3 Å². The van der Waals surface area contributed by atoms with Crippen LogP contribution in [0.25, 0.3) is 0 Å². The van der Waals surface area contributed by atoms with E-state index >= 15 is 0 Å². The largest absolute Gasteiger partial charge is 0.478 e. The number of anilines is 4. The van der Waals surface area contributed by atoms with E-state index in [1.54, 1.807) is 29.2 Å². The Bertz CT molecular complexity index is 3020. The zero-order valence-corrected chi connectivity index (χ0v) is 40.1. The van der Waals surface area contributed by atoms with Gasteiger partial charge in [-0.25, -0.2) is 13.6 Å². The summed E-state index contributed by atoms with van der Waals surface area (Å²) < 4.78 is 26.6. The summed E-state index contributed by atoms with van der Waals surface area (Å²) in [5.41, 5.74) is 5.43. The number of benzene rings is 6. The Labute approximate surface area is 419 Å². The van der Waals surface area contributed by atoms with Crippen LogP contribution in [-0.4, -0.2) is 53.5 Å².